The summed E-state index contributed by atoms with van der Waals surface area (Å²) in [5.41, 5.74) is 3.10. The van der Waals surface area contributed by atoms with Gasteiger partial charge in [-0.1, -0.05) is 17.7 Å². The quantitative estimate of drug-likeness (QED) is 0.719. The van der Waals surface area contributed by atoms with Gasteiger partial charge in [0, 0.05) is 23.3 Å². The van der Waals surface area contributed by atoms with Gasteiger partial charge in [0.05, 0.1) is 11.4 Å². The molecule has 2 heterocycles. The molecule has 118 valence electrons. The van der Waals surface area contributed by atoms with E-state index in [1.807, 2.05) is 35.7 Å². The fourth-order valence-electron chi connectivity index (χ4n) is 2.52. The number of benzene rings is 1. The average Bonchev–Trinajstić information content (AvgIpc) is 2.84. The normalized spacial score (nSPS) is 10.9. The number of phenolic OH excluding ortho intramolecular Hbond substituents is 1. The van der Waals surface area contributed by atoms with E-state index in [0.717, 1.165) is 17.0 Å². The number of nitrogens with zero attached hydrogens (tertiary/aromatic N) is 2. The highest BCUT2D eigenvalue weighted by atomic mass is 35.5. The summed E-state index contributed by atoms with van der Waals surface area (Å²) in [5.74, 6) is -0.193. The molecule has 5 nitrogen and oxygen atoms in total. The van der Waals surface area contributed by atoms with Crippen molar-refractivity contribution in [3.05, 3.63) is 59.0 Å². The monoisotopic (exact) mass is 329 g/mol. The molecule has 0 aliphatic carbocycles. The molecule has 0 unspecified atom stereocenters. The van der Waals surface area contributed by atoms with Crippen LogP contribution < -0.4 is 5.32 Å². The fraction of sp³-hybridized carbons (Fsp3) is 0.176. The third kappa shape index (κ3) is 3.29. The Morgan fingerprint density at radius 1 is 1.35 bits per heavy atom. The van der Waals surface area contributed by atoms with E-state index in [2.05, 4.69) is 10.3 Å². The second-order valence-electron chi connectivity index (χ2n) is 5.28. The second-order valence-corrected chi connectivity index (χ2v) is 5.72. The van der Waals surface area contributed by atoms with Crippen LogP contribution in [0.1, 0.15) is 17.8 Å². The number of fused-ring (bicyclic) bond motifs is 1. The van der Waals surface area contributed by atoms with Gasteiger partial charge in [-0.2, -0.15) is 0 Å². The maximum Gasteiger partial charge on any atom is 0.224 e. The van der Waals surface area contributed by atoms with Crippen molar-refractivity contribution < 1.29 is 9.90 Å². The van der Waals surface area contributed by atoms with E-state index in [-0.39, 0.29) is 18.1 Å². The number of halogens is 1. The lowest BCUT2D eigenvalue weighted by Gasteiger charge is -2.08. The SMILES string of the molecule is Cc1nc2ccccn2c1CCC(=O)Nc1cc(Cl)ccc1O. The summed E-state index contributed by atoms with van der Waals surface area (Å²) in [5, 5.41) is 12.9. The highest BCUT2D eigenvalue weighted by Gasteiger charge is 2.12. The lowest BCUT2D eigenvalue weighted by Crippen LogP contribution is -2.13. The van der Waals surface area contributed by atoms with Gasteiger partial charge in [0.2, 0.25) is 5.91 Å². The van der Waals surface area contributed by atoms with Crippen molar-refractivity contribution in [1.82, 2.24) is 9.38 Å². The Balaban J connectivity index is 1.71. The molecule has 2 aromatic heterocycles. The van der Waals surface area contributed by atoms with Crippen LogP contribution in [0, 0.1) is 6.92 Å². The highest BCUT2D eigenvalue weighted by molar-refractivity contribution is 6.31. The Labute approximate surface area is 138 Å². The first-order valence-electron chi connectivity index (χ1n) is 7.25. The number of aryl methyl sites for hydroxylation is 2. The van der Waals surface area contributed by atoms with Gasteiger partial charge < -0.3 is 14.8 Å². The smallest absolute Gasteiger partial charge is 0.224 e. The molecular formula is C17H16ClN3O2. The number of rotatable bonds is 4. The van der Waals surface area contributed by atoms with Crippen LogP contribution in [0.15, 0.2) is 42.6 Å². The van der Waals surface area contributed by atoms with Gasteiger partial charge in [0.15, 0.2) is 0 Å². The van der Waals surface area contributed by atoms with Crippen LogP contribution in [-0.4, -0.2) is 20.4 Å². The minimum absolute atomic E-state index is 0.00580. The lowest BCUT2D eigenvalue weighted by molar-refractivity contribution is -0.116. The minimum atomic E-state index is -0.187. The Morgan fingerprint density at radius 2 is 2.17 bits per heavy atom. The summed E-state index contributed by atoms with van der Waals surface area (Å²) in [6.45, 7) is 1.93. The van der Waals surface area contributed by atoms with Crippen LogP contribution in [0.3, 0.4) is 0 Å². The first-order valence-corrected chi connectivity index (χ1v) is 7.63. The number of phenols is 1. The number of hydrogen-bond donors (Lipinski definition) is 2. The van der Waals surface area contributed by atoms with Crippen LogP contribution in [0.25, 0.3) is 5.65 Å². The third-order valence-corrected chi connectivity index (χ3v) is 3.89. The molecule has 23 heavy (non-hydrogen) atoms. The fourth-order valence-corrected chi connectivity index (χ4v) is 2.69. The lowest BCUT2D eigenvalue weighted by atomic mass is 10.2. The summed E-state index contributed by atoms with van der Waals surface area (Å²) in [4.78, 5) is 16.6. The zero-order valence-corrected chi connectivity index (χ0v) is 13.3. The van der Waals surface area contributed by atoms with Crippen molar-refractivity contribution in [2.45, 2.75) is 19.8 Å². The standard InChI is InChI=1S/C17H16ClN3O2/c1-11-14(21-9-3-2-4-16(21)19-11)6-8-17(23)20-13-10-12(18)5-7-15(13)22/h2-5,7,9-10,22H,6,8H2,1H3,(H,20,23). The molecule has 0 saturated heterocycles. The Bertz CT molecular complexity index is 873. The topological polar surface area (TPSA) is 66.6 Å². The van der Waals surface area contributed by atoms with Crippen LogP contribution in [0.2, 0.25) is 5.02 Å². The number of amides is 1. The van der Waals surface area contributed by atoms with Crippen molar-refractivity contribution in [1.29, 1.82) is 0 Å². The predicted octanol–water partition coefficient (Wildman–Crippen LogP) is 3.57. The van der Waals surface area contributed by atoms with Crippen LogP contribution in [0.5, 0.6) is 5.75 Å². The van der Waals surface area contributed by atoms with E-state index >= 15 is 0 Å². The number of nitrogens with one attached hydrogen (secondary N) is 1. The van der Waals surface area contributed by atoms with Gasteiger partial charge in [-0.3, -0.25) is 4.79 Å². The number of anilines is 1. The molecule has 0 fully saturated rings. The van der Waals surface area contributed by atoms with Crippen LogP contribution >= 0.6 is 11.6 Å². The van der Waals surface area contributed by atoms with E-state index < -0.39 is 0 Å². The van der Waals surface area contributed by atoms with E-state index in [1.165, 1.54) is 12.1 Å². The molecular weight excluding hydrogens is 314 g/mol. The van der Waals surface area contributed by atoms with E-state index in [1.54, 1.807) is 6.07 Å². The average molecular weight is 330 g/mol. The number of aromatic hydroxyl groups is 1. The van der Waals surface area contributed by atoms with Crippen LogP contribution in [0.4, 0.5) is 5.69 Å². The summed E-state index contributed by atoms with van der Waals surface area (Å²) >= 11 is 5.87. The molecule has 1 aromatic carbocycles. The third-order valence-electron chi connectivity index (χ3n) is 3.65. The number of hydrogen-bond acceptors (Lipinski definition) is 3. The number of imidazole rings is 1. The summed E-state index contributed by atoms with van der Waals surface area (Å²) in [6.07, 6.45) is 2.78. The van der Waals surface area contributed by atoms with Crippen molar-refractivity contribution in [3.8, 4) is 5.75 Å². The zero-order chi connectivity index (χ0) is 16.4. The van der Waals surface area contributed by atoms with Crippen molar-refractivity contribution in [3.63, 3.8) is 0 Å². The maximum absolute atomic E-state index is 12.1. The molecule has 0 aliphatic heterocycles. The van der Waals surface area contributed by atoms with Gasteiger partial charge in [0.1, 0.15) is 11.4 Å². The first-order chi connectivity index (χ1) is 11.0. The van der Waals surface area contributed by atoms with E-state index in [9.17, 15) is 9.90 Å². The number of aromatic nitrogens is 2. The van der Waals surface area contributed by atoms with Gasteiger partial charge >= 0.3 is 0 Å². The summed E-state index contributed by atoms with van der Waals surface area (Å²) < 4.78 is 1.99. The predicted molar refractivity (Wildman–Crippen MR) is 90.0 cm³/mol. The van der Waals surface area contributed by atoms with Crippen molar-refractivity contribution in [2.75, 3.05) is 5.32 Å². The molecule has 3 rings (SSSR count). The molecule has 3 aromatic rings. The molecule has 0 radical (unpaired) electrons. The Kier molecular flexibility index (Phi) is 4.21. The second kappa shape index (κ2) is 6.30. The first kappa shape index (κ1) is 15.4. The molecule has 1 amide bonds. The summed E-state index contributed by atoms with van der Waals surface area (Å²) in [6, 6.07) is 10.3. The largest absolute Gasteiger partial charge is 0.506 e. The van der Waals surface area contributed by atoms with Crippen molar-refractivity contribution >= 4 is 28.8 Å². The molecule has 6 heteroatoms. The Hall–Kier alpha value is -2.53. The summed E-state index contributed by atoms with van der Waals surface area (Å²) in [7, 11) is 0. The van der Waals surface area contributed by atoms with Gasteiger partial charge in [0.25, 0.3) is 0 Å². The highest BCUT2D eigenvalue weighted by Crippen LogP contribution is 2.26. The van der Waals surface area contributed by atoms with E-state index in [4.69, 9.17) is 11.6 Å². The molecule has 0 bridgehead atoms. The van der Waals surface area contributed by atoms with Gasteiger partial charge in [-0.05, 0) is 43.7 Å². The van der Waals surface area contributed by atoms with Crippen LogP contribution in [-0.2, 0) is 11.2 Å². The van der Waals surface area contributed by atoms with Gasteiger partial charge in [-0.15, -0.1) is 0 Å². The molecule has 0 spiro atoms. The maximum atomic E-state index is 12.1. The van der Waals surface area contributed by atoms with Crippen molar-refractivity contribution in [2.24, 2.45) is 0 Å². The van der Waals surface area contributed by atoms with E-state index in [0.29, 0.717) is 17.1 Å². The molecule has 0 aliphatic rings. The number of pyridine rings is 1. The Morgan fingerprint density at radius 3 is 3.00 bits per heavy atom. The molecule has 0 saturated carbocycles. The number of carbonyl (C=O) groups excluding carboxylic acids is 1. The number of carbonyl (C=O) groups is 1. The molecule has 2 N–H and O–H groups in total. The molecule has 0 atom stereocenters. The van der Waals surface area contributed by atoms with Gasteiger partial charge in [-0.25, -0.2) is 4.98 Å². The minimum Gasteiger partial charge on any atom is -0.506 e. The zero-order valence-electron chi connectivity index (χ0n) is 12.6.